The van der Waals surface area contributed by atoms with Crippen molar-refractivity contribution in [2.75, 3.05) is 0 Å². The van der Waals surface area contributed by atoms with Crippen LogP contribution in [0, 0.1) is 0 Å². The average molecular weight is 417 g/mol. The van der Waals surface area contributed by atoms with E-state index in [0.29, 0.717) is 0 Å². The highest BCUT2D eigenvalue weighted by Crippen LogP contribution is 2.39. The monoisotopic (exact) mass is 416 g/mol. The lowest BCUT2D eigenvalue weighted by Gasteiger charge is -2.38. The molecule has 0 atom stereocenters. The van der Waals surface area contributed by atoms with Crippen molar-refractivity contribution in [3.63, 3.8) is 0 Å². The molecular formula is C28H24N4. The Morgan fingerprint density at radius 1 is 0.688 bits per heavy atom. The number of rotatable bonds is 4. The normalized spacial score (nSPS) is 14.9. The van der Waals surface area contributed by atoms with E-state index in [0.717, 1.165) is 52.3 Å². The molecule has 0 radical (unpaired) electrons. The predicted molar refractivity (Wildman–Crippen MR) is 129 cm³/mol. The van der Waals surface area contributed by atoms with Gasteiger partial charge in [-0.15, -0.1) is 0 Å². The fourth-order valence-electron chi connectivity index (χ4n) is 4.54. The molecule has 4 nitrogen and oxygen atoms in total. The van der Waals surface area contributed by atoms with E-state index in [4.69, 9.17) is 15.7 Å². The maximum absolute atomic E-state index is 6.56. The number of nitrogens with zero attached hydrogens (tertiary/aromatic N) is 3. The minimum atomic E-state index is -0.170. The van der Waals surface area contributed by atoms with Gasteiger partial charge in [0.05, 0.1) is 5.69 Å². The van der Waals surface area contributed by atoms with Crippen LogP contribution in [0.2, 0.25) is 0 Å². The summed E-state index contributed by atoms with van der Waals surface area (Å²) in [4.78, 5) is 10.0. The molecule has 0 saturated heterocycles. The highest BCUT2D eigenvalue weighted by atomic mass is 15.1. The van der Waals surface area contributed by atoms with Gasteiger partial charge < -0.3 is 5.73 Å². The van der Waals surface area contributed by atoms with Crippen LogP contribution in [-0.4, -0.2) is 14.5 Å². The van der Waals surface area contributed by atoms with Gasteiger partial charge in [-0.05, 0) is 49.1 Å². The average Bonchev–Trinajstić information content (AvgIpc) is 3.22. The molecule has 5 aromatic rings. The van der Waals surface area contributed by atoms with Crippen LogP contribution >= 0.6 is 0 Å². The molecule has 1 aliphatic rings. The lowest BCUT2D eigenvalue weighted by Crippen LogP contribution is -2.43. The highest BCUT2D eigenvalue weighted by Gasteiger charge is 2.34. The van der Waals surface area contributed by atoms with Gasteiger partial charge in [-0.2, -0.15) is 0 Å². The van der Waals surface area contributed by atoms with Crippen LogP contribution in [0.4, 0.5) is 0 Å². The molecule has 2 aromatic heterocycles. The SMILES string of the molecule is NC1(c2ccc(-n3c(-c4ccccc4)nc4ccc(-c5ccccc5)nc43)cc2)CCC1. The van der Waals surface area contributed by atoms with E-state index in [1.165, 1.54) is 12.0 Å². The number of hydrogen-bond acceptors (Lipinski definition) is 3. The van der Waals surface area contributed by atoms with Crippen molar-refractivity contribution in [3.8, 4) is 28.3 Å². The van der Waals surface area contributed by atoms with E-state index in [1.807, 2.05) is 42.5 Å². The first-order valence-electron chi connectivity index (χ1n) is 11.1. The first-order chi connectivity index (χ1) is 15.7. The summed E-state index contributed by atoms with van der Waals surface area (Å²) >= 11 is 0. The number of imidazole rings is 1. The first-order valence-corrected chi connectivity index (χ1v) is 11.1. The zero-order chi connectivity index (χ0) is 21.5. The van der Waals surface area contributed by atoms with Crippen molar-refractivity contribution in [1.82, 2.24) is 14.5 Å². The lowest BCUT2D eigenvalue weighted by atomic mass is 9.73. The van der Waals surface area contributed by atoms with Crippen LogP contribution in [0.5, 0.6) is 0 Å². The maximum Gasteiger partial charge on any atom is 0.165 e. The largest absolute Gasteiger partial charge is 0.321 e. The van der Waals surface area contributed by atoms with Crippen molar-refractivity contribution >= 4 is 11.2 Å². The fourth-order valence-corrected chi connectivity index (χ4v) is 4.54. The van der Waals surface area contributed by atoms with Gasteiger partial charge in [0.25, 0.3) is 0 Å². The number of hydrogen-bond donors (Lipinski definition) is 1. The molecule has 1 fully saturated rings. The summed E-state index contributed by atoms with van der Waals surface area (Å²) in [6.45, 7) is 0. The number of fused-ring (bicyclic) bond motifs is 1. The summed E-state index contributed by atoms with van der Waals surface area (Å²) in [6, 6.07) is 33.3. The zero-order valence-electron chi connectivity index (χ0n) is 17.8. The van der Waals surface area contributed by atoms with E-state index in [9.17, 15) is 0 Å². The quantitative estimate of drug-likeness (QED) is 0.385. The van der Waals surface area contributed by atoms with Gasteiger partial charge in [0.15, 0.2) is 5.65 Å². The van der Waals surface area contributed by atoms with Crippen molar-refractivity contribution in [2.24, 2.45) is 5.73 Å². The summed E-state index contributed by atoms with van der Waals surface area (Å²) < 4.78 is 2.16. The van der Waals surface area contributed by atoms with Gasteiger partial charge in [0.2, 0.25) is 0 Å². The van der Waals surface area contributed by atoms with Crippen molar-refractivity contribution in [2.45, 2.75) is 24.8 Å². The lowest BCUT2D eigenvalue weighted by molar-refractivity contribution is 0.253. The molecule has 0 unspecified atom stereocenters. The molecule has 0 spiro atoms. The van der Waals surface area contributed by atoms with Crippen molar-refractivity contribution in [3.05, 3.63) is 103 Å². The van der Waals surface area contributed by atoms with Gasteiger partial charge >= 0.3 is 0 Å². The number of nitrogens with two attached hydrogens (primary N) is 1. The van der Waals surface area contributed by atoms with Gasteiger partial charge in [0.1, 0.15) is 11.3 Å². The van der Waals surface area contributed by atoms with Crippen LogP contribution in [-0.2, 0) is 5.54 Å². The van der Waals surface area contributed by atoms with E-state index in [-0.39, 0.29) is 5.54 Å². The van der Waals surface area contributed by atoms with E-state index < -0.39 is 0 Å². The molecule has 2 N–H and O–H groups in total. The number of aromatic nitrogens is 3. The third kappa shape index (κ3) is 3.12. The number of pyridine rings is 1. The molecule has 6 rings (SSSR count). The first kappa shape index (κ1) is 19.0. The summed E-state index contributed by atoms with van der Waals surface area (Å²) in [5.74, 6) is 0.886. The summed E-state index contributed by atoms with van der Waals surface area (Å²) in [6.07, 6.45) is 3.31. The Balaban J connectivity index is 1.55. The smallest absolute Gasteiger partial charge is 0.165 e. The number of benzene rings is 3. The molecule has 0 amide bonds. The topological polar surface area (TPSA) is 56.7 Å². The Bertz CT molecular complexity index is 1380. The highest BCUT2D eigenvalue weighted by molar-refractivity contribution is 5.82. The molecular weight excluding hydrogens is 392 g/mol. The Morgan fingerprint density at radius 2 is 1.34 bits per heavy atom. The Hall–Kier alpha value is -3.76. The minimum Gasteiger partial charge on any atom is -0.321 e. The zero-order valence-corrected chi connectivity index (χ0v) is 17.8. The maximum atomic E-state index is 6.56. The summed E-state index contributed by atoms with van der Waals surface area (Å²) in [7, 11) is 0. The Kier molecular flexibility index (Phi) is 4.40. The molecule has 0 bridgehead atoms. The minimum absolute atomic E-state index is 0.170. The molecule has 1 aliphatic carbocycles. The van der Waals surface area contributed by atoms with Gasteiger partial charge in [-0.1, -0.05) is 72.8 Å². The molecule has 32 heavy (non-hydrogen) atoms. The van der Waals surface area contributed by atoms with Crippen LogP contribution < -0.4 is 5.73 Å². The molecule has 4 heteroatoms. The Morgan fingerprint density at radius 3 is 1.97 bits per heavy atom. The standard InChI is InChI=1S/C28H24N4/c29-28(18-7-19-28)22-12-14-23(15-13-22)32-26(21-10-5-2-6-11-21)31-25-17-16-24(30-27(25)32)20-8-3-1-4-9-20/h1-6,8-17H,7,18-19,29H2. The van der Waals surface area contributed by atoms with Crippen LogP contribution in [0.1, 0.15) is 24.8 Å². The van der Waals surface area contributed by atoms with E-state index in [2.05, 4.69) is 59.2 Å². The second-order valence-corrected chi connectivity index (χ2v) is 8.60. The summed E-state index contributed by atoms with van der Waals surface area (Å²) in [5.41, 5.74) is 13.4. The fraction of sp³-hybridized carbons (Fsp3) is 0.143. The molecule has 3 aromatic carbocycles. The third-order valence-corrected chi connectivity index (χ3v) is 6.55. The second kappa shape index (κ2) is 7.43. The molecule has 2 heterocycles. The second-order valence-electron chi connectivity index (χ2n) is 8.60. The molecule has 0 aliphatic heterocycles. The van der Waals surface area contributed by atoms with Crippen LogP contribution in [0.25, 0.3) is 39.5 Å². The van der Waals surface area contributed by atoms with Crippen LogP contribution in [0.3, 0.4) is 0 Å². The van der Waals surface area contributed by atoms with Gasteiger partial charge in [0, 0.05) is 22.4 Å². The van der Waals surface area contributed by atoms with Crippen molar-refractivity contribution in [1.29, 1.82) is 0 Å². The van der Waals surface area contributed by atoms with E-state index in [1.54, 1.807) is 0 Å². The molecule has 156 valence electrons. The third-order valence-electron chi connectivity index (χ3n) is 6.55. The molecule has 1 saturated carbocycles. The van der Waals surface area contributed by atoms with Crippen molar-refractivity contribution < 1.29 is 0 Å². The van der Waals surface area contributed by atoms with Crippen LogP contribution in [0.15, 0.2) is 97.1 Å². The summed E-state index contributed by atoms with van der Waals surface area (Å²) in [5, 5.41) is 0. The predicted octanol–water partition coefficient (Wildman–Crippen LogP) is 6.09. The Labute approximate surface area is 187 Å². The van der Waals surface area contributed by atoms with Gasteiger partial charge in [-0.25, -0.2) is 9.97 Å². The van der Waals surface area contributed by atoms with Gasteiger partial charge in [-0.3, -0.25) is 4.57 Å². The van der Waals surface area contributed by atoms with E-state index >= 15 is 0 Å².